The lowest BCUT2D eigenvalue weighted by Gasteiger charge is -2.12. The fourth-order valence-electron chi connectivity index (χ4n) is 2.86. The number of carbonyl (C=O) groups excluding carboxylic acids is 1. The highest BCUT2D eigenvalue weighted by molar-refractivity contribution is 6.06. The third-order valence-electron chi connectivity index (χ3n) is 4.19. The van der Waals surface area contributed by atoms with Gasteiger partial charge in [0.25, 0.3) is 0 Å². The zero-order valence-electron chi connectivity index (χ0n) is 15.2. The van der Waals surface area contributed by atoms with Gasteiger partial charge < -0.3 is 22.1 Å². The minimum absolute atomic E-state index is 0.111. The molecule has 3 rings (SSSR count). The molecule has 0 saturated heterocycles. The van der Waals surface area contributed by atoms with E-state index in [9.17, 15) is 9.18 Å². The quantitative estimate of drug-likeness (QED) is 0.265. The molecule has 0 aliphatic heterocycles. The second-order valence-electron chi connectivity index (χ2n) is 6.32. The van der Waals surface area contributed by atoms with Gasteiger partial charge in [0, 0.05) is 16.9 Å². The largest absolute Gasteiger partial charge is 0.398 e. The van der Waals surface area contributed by atoms with Gasteiger partial charge in [0.2, 0.25) is 0 Å². The Morgan fingerprint density at radius 1 is 1.04 bits per heavy atom. The SMILES string of the molecule is Cc1ccc(F)c(NC(=O)Nc2ccc(-c3cccc(N)c3C(=N)N)cc2)c1. The molecule has 0 unspecified atom stereocenters. The maximum Gasteiger partial charge on any atom is 0.323 e. The van der Waals surface area contributed by atoms with E-state index in [1.165, 1.54) is 6.07 Å². The number of benzene rings is 3. The summed E-state index contributed by atoms with van der Waals surface area (Å²) in [6.45, 7) is 1.81. The highest BCUT2D eigenvalue weighted by Gasteiger charge is 2.12. The predicted molar refractivity (Wildman–Crippen MR) is 111 cm³/mol. The van der Waals surface area contributed by atoms with Crippen LogP contribution in [0.2, 0.25) is 0 Å². The average Bonchev–Trinajstić information content (AvgIpc) is 2.65. The van der Waals surface area contributed by atoms with E-state index in [2.05, 4.69) is 10.6 Å². The lowest BCUT2D eigenvalue weighted by atomic mass is 9.97. The van der Waals surface area contributed by atoms with Gasteiger partial charge in [-0.25, -0.2) is 9.18 Å². The number of amidine groups is 1. The minimum Gasteiger partial charge on any atom is -0.398 e. The number of amides is 2. The average molecular weight is 377 g/mol. The van der Waals surface area contributed by atoms with Gasteiger partial charge >= 0.3 is 6.03 Å². The lowest BCUT2D eigenvalue weighted by molar-refractivity contribution is 0.262. The Balaban J connectivity index is 1.77. The Bertz CT molecular complexity index is 1050. The summed E-state index contributed by atoms with van der Waals surface area (Å²) in [5.41, 5.74) is 15.5. The van der Waals surface area contributed by atoms with Crippen molar-refractivity contribution in [3.63, 3.8) is 0 Å². The molecular formula is C21H20FN5O. The van der Waals surface area contributed by atoms with Crippen LogP contribution in [-0.4, -0.2) is 11.9 Å². The number of rotatable bonds is 4. The van der Waals surface area contributed by atoms with Crippen LogP contribution >= 0.6 is 0 Å². The van der Waals surface area contributed by atoms with Crippen LogP contribution in [0.25, 0.3) is 11.1 Å². The third kappa shape index (κ3) is 4.09. The van der Waals surface area contributed by atoms with Crippen LogP contribution in [-0.2, 0) is 0 Å². The number of anilines is 3. The number of hydrogen-bond donors (Lipinski definition) is 5. The molecule has 6 nitrogen and oxygen atoms in total. The van der Waals surface area contributed by atoms with Crippen molar-refractivity contribution in [2.24, 2.45) is 5.73 Å². The molecule has 7 heteroatoms. The lowest BCUT2D eigenvalue weighted by Crippen LogP contribution is -2.20. The van der Waals surface area contributed by atoms with E-state index in [1.54, 1.807) is 48.5 Å². The number of carbonyl (C=O) groups is 1. The molecule has 28 heavy (non-hydrogen) atoms. The number of aryl methyl sites for hydroxylation is 1. The molecule has 2 amide bonds. The maximum absolute atomic E-state index is 13.8. The van der Waals surface area contributed by atoms with Crippen molar-refractivity contribution in [2.75, 3.05) is 16.4 Å². The summed E-state index contributed by atoms with van der Waals surface area (Å²) >= 11 is 0. The first-order chi connectivity index (χ1) is 13.3. The van der Waals surface area contributed by atoms with Gasteiger partial charge in [0.15, 0.2) is 0 Å². The standard InChI is InChI=1S/C21H20FN5O/c1-12-5-10-16(22)18(11-12)27-21(28)26-14-8-6-13(7-9-14)15-3-2-4-17(23)19(15)20(24)25/h2-11H,23H2,1H3,(H3,24,25)(H2,26,27,28). The summed E-state index contributed by atoms with van der Waals surface area (Å²) in [4.78, 5) is 12.1. The molecule has 0 saturated carbocycles. The van der Waals surface area contributed by atoms with Gasteiger partial charge in [0.05, 0.1) is 5.69 Å². The van der Waals surface area contributed by atoms with Crippen molar-refractivity contribution >= 4 is 28.9 Å². The van der Waals surface area contributed by atoms with E-state index < -0.39 is 11.8 Å². The van der Waals surface area contributed by atoms with Crippen molar-refractivity contribution < 1.29 is 9.18 Å². The molecule has 0 fully saturated rings. The van der Waals surface area contributed by atoms with Crippen LogP contribution in [0.5, 0.6) is 0 Å². The maximum atomic E-state index is 13.8. The van der Waals surface area contributed by atoms with Crippen molar-refractivity contribution in [1.29, 1.82) is 5.41 Å². The molecule has 0 aromatic heterocycles. The second-order valence-corrected chi connectivity index (χ2v) is 6.32. The topological polar surface area (TPSA) is 117 Å². The van der Waals surface area contributed by atoms with Crippen molar-refractivity contribution in [1.82, 2.24) is 0 Å². The molecule has 0 aliphatic rings. The first-order valence-electron chi connectivity index (χ1n) is 8.52. The number of halogens is 1. The summed E-state index contributed by atoms with van der Waals surface area (Å²) in [5.74, 6) is -0.621. The number of hydrogen-bond acceptors (Lipinski definition) is 3. The number of nitrogen functional groups attached to an aromatic ring is 2. The molecule has 7 N–H and O–H groups in total. The van der Waals surface area contributed by atoms with E-state index in [1.807, 2.05) is 13.0 Å². The molecule has 0 spiro atoms. The number of nitrogens with two attached hydrogens (primary N) is 2. The molecule has 0 radical (unpaired) electrons. The number of nitrogens with one attached hydrogen (secondary N) is 3. The first-order valence-corrected chi connectivity index (χ1v) is 8.52. The Labute approximate surface area is 161 Å². The Hall–Kier alpha value is -3.87. The van der Waals surface area contributed by atoms with E-state index in [4.69, 9.17) is 16.9 Å². The van der Waals surface area contributed by atoms with E-state index in [-0.39, 0.29) is 11.5 Å². The molecule has 3 aromatic carbocycles. The Morgan fingerprint density at radius 3 is 2.43 bits per heavy atom. The van der Waals surface area contributed by atoms with E-state index >= 15 is 0 Å². The molecule has 0 heterocycles. The predicted octanol–water partition coefficient (Wildman–Crippen LogP) is 4.31. The molecular weight excluding hydrogens is 357 g/mol. The fraction of sp³-hybridized carbons (Fsp3) is 0.0476. The highest BCUT2D eigenvalue weighted by atomic mass is 19.1. The Morgan fingerprint density at radius 2 is 1.75 bits per heavy atom. The van der Waals surface area contributed by atoms with E-state index in [0.29, 0.717) is 16.9 Å². The highest BCUT2D eigenvalue weighted by Crippen LogP contribution is 2.28. The van der Waals surface area contributed by atoms with Gasteiger partial charge in [0.1, 0.15) is 11.7 Å². The molecule has 0 bridgehead atoms. The zero-order valence-corrected chi connectivity index (χ0v) is 15.2. The van der Waals surface area contributed by atoms with Crippen molar-refractivity contribution in [2.45, 2.75) is 6.92 Å². The van der Waals surface area contributed by atoms with Crippen LogP contribution in [0.3, 0.4) is 0 Å². The summed E-state index contributed by atoms with van der Waals surface area (Å²) in [5, 5.41) is 12.9. The van der Waals surface area contributed by atoms with E-state index in [0.717, 1.165) is 16.7 Å². The van der Waals surface area contributed by atoms with Gasteiger partial charge in [-0.15, -0.1) is 0 Å². The summed E-state index contributed by atoms with van der Waals surface area (Å²) in [6, 6.07) is 16.2. The van der Waals surface area contributed by atoms with Crippen molar-refractivity contribution in [3.8, 4) is 11.1 Å². The van der Waals surface area contributed by atoms with Gasteiger partial charge in [-0.1, -0.05) is 30.3 Å². The van der Waals surface area contributed by atoms with Gasteiger partial charge in [-0.3, -0.25) is 5.41 Å². The smallest absolute Gasteiger partial charge is 0.323 e. The monoisotopic (exact) mass is 377 g/mol. The Kier molecular flexibility index (Phi) is 5.26. The summed E-state index contributed by atoms with van der Waals surface area (Å²) in [6.07, 6.45) is 0. The fourth-order valence-corrected chi connectivity index (χ4v) is 2.86. The molecule has 0 aliphatic carbocycles. The summed E-state index contributed by atoms with van der Waals surface area (Å²) in [7, 11) is 0. The van der Waals surface area contributed by atoms with Crippen LogP contribution in [0, 0.1) is 18.2 Å². The normalized spacial score (nSPS) is 10.4. The van der Waals surface area contributed by atoms with Crippen molar-refractivity contribution in [3.05, 3.63) is 77.6 Å². The molecule has 0 atom stereocenters. The minimum atomic E-state index is -0.550. The zero-order chi connectivity index (χ0) is 20.3. The van der Waals surface area contributed by atoms with Crippen LogP contribution < -0.4 is 22.1 Å². The first kappa shape index (κ1) is 18.9. The molecule has 3 aromatic rings. The van der Waals surface area contributed by atoms with Gasteiger partial charge in [-0.2, -0.15) is 0 Å². The summed E-state index contributed by atoms with van der Waals surface area (Å²) < 4.78 is 13.8. The third-order valence-corrected chi connectivity index (χ3v) is 4.19. The number of urea groups is 1. The van der Waals surface area contributed by atoms with Crippen LogP contribution in [0.1, 0.15) is 11.1 Å². The van der Waals surface area contributed by atoms with Crippen LogP contribution in [0.4, 0.5) is 26.2 Å². The van der Waals surface area contributed by atoms with Gasteiger partial charge in [-0.05, 0) is 53.9 Å². The van der Waals surface area contributed by atoms with Crippen LogP contribution in [0.15, 0.2) is 60.7 Å². The second kappa shape index (κ2) is 7.79. The molecule has 142 valence electrons.